The predicted molar refractivity (Wildman–Crippen MR) is 53.0 cm³/mol. The first-order valence-corrected chi connectivity index (χ1v) is 5.27. The van der Waals surface area contributed by atoms with Gasteiger partial charge in [0.15, 0.2) is 0 Å². The molecule has 1 fully saturated rings. The van der Waals surface area contributed by atoms with Crippen molar-refractivity contribution in [1.29, 1.82) is 0 Å². The molecule has 1 rings (SSSR count). The Hall–Kier alpha value is -0.820. The molecule has 3 N–H and O–H groups in total. The third-order valence-electron chi connectivity index (χ3n) is 2.29. The fraction of sp³-hybridized carbons (Fsp3) is 0.889. The molecule has 0 saturated carbocycles. The van der Waals surface area contributed by atoms with Gasteiger partial charge in [-0.25, -0.2) is 0 Å². The van der Waals surface area contributed by atoms with Crippen molar-refractivity contribution in [2.45, 2.75) is 25.1 Å². The van der Waals surface area contributed by atoms with Crippen LogP contribution >= 0.6 is 0 Å². The summed E-state index contributed by atoms with van der Waals surface area (Å²) in [6, 6.07) is -0.334. The Morgan fingerprint density at radius 2 is 2.12 bits per heavy atom. The number of alkyl halides is 3. The van der Waals surface area contributed by atoms with E-state index in [1.807, 2.05) is 0 Å². The maximum atomic E-state index is 11.8. The summed E-state index contributed by atoms with van der Waals surface area (Å²) in [7, 11) is 0. The molecule has 16 heavy (non-hydrogen) atoms. The molecule has 1 unspecified atom stereocenters. The molecule has 1 heterocycles. The highest BCUT2D eigenvalue weighted by Gasteiger charge is 2.26. The molecule has 1 amide bonds. The summed E-state index contributed by atoms with van der Waals surface area (Å²) < 4.78 is 35.4. The highest BCUT2D eigenvalue weighted by atomic mass is 19.4. The molecular weight excluding hydrogens is 223 g/mol. The van der Waals surface area contributed by atoms with E-state index in [9.17, 15) is 18.0 Å². The minimum Gasteiger partial charge on any atom is -0.355 e. The van der Waals surface area contributed by atoms with Crippen LogP contribution in [0.1, 0.15) is 12.8 Å². The van der Waals surface area contributed by atoms with Gasteiger partial charge in [-0.05, 0) is 6.42 Å². The van der Waals surface area contributed by atoms with Gasteiger partial charge in [-0.15, -0.1) is 0 Å². The number of piperazine rings is 1. The van der Waals surface area contributed by atoms with Crippen molar-refractivity contribution in [1.82, 2.24) is 16.0 Å². The Labute approximate surface area is 92.0 Å². The molecule has 7 heteroatoms. The third kappa shape index (κ3) is 5.32. The lowest BCUT2D eigenvalue weighted by molar-refractivity contribution is -0.136. The van der Waals surface area contributed by atoms with Gasteiger partial charge in [0.25, 0.3) is 0 Å². The molecule has 0 aromatic carbocycles. The number of carbonyl (C=O) groups excluding carboxylic acids is 1. The highest BCUT2D eigenvalue weighted by Crippen LogP contribution is 2.20. The van der Waals surface area contributed by atoms with Crippen LogP contribution < -0.4 is 16.0 Å². The van der Waals surface area contributed by atoms with Crippen molar-refractivity contribution in [3.8, 4) is 0 Å². The first-order chi connectivity index (χ1) is 7.49. The Balaban J connectivity index is 2.10. The zero-order chi connectivity index (χ0) is 12.0. The number of nitrogens with one attached hydrogen (secondary N) is 3. The maximum absolute atomic E-state index is 11.8. The van der Waals surface area contributed by atoms with Crippen LogP contribution in [0.4, 0.5) is 13.2 Å². The minimum absolute atomic E-state index is 0.0660. The van der Waals surface area contributed by atoms with Crippen molar-refractivity contribution < 1.29 is 18.0 Å². The van der Waals surface area contributed by atoms with Gasteiger partial charge >= 0.3 is 6.18 Å². The van der Waals surface area contributed by atoms with Crippen molar-refractivity contribution in [2.24, 2.45) is 0 Å². The van der Waals surface area contributed by atoms with E-state index in [-0.39, 0.29) is 24.9 Å². The van der Waals surface area contributed by atoms with Crippen LogP contribution in [0.5, 0.6) is 0 Å². The highest BCUT2D eigenvalue weighted by molar-refractivity contribution is 5.82. The smallest absolute Gasteiger partial charge is 0.355 e. The molecule has 0 aliphatic carbocycles. The minimum atomic E-state index is -4.14. The molecule has 1 aliphatic rings. The first kappa shape index (κ1) is 13.2. The number of hydrogen-bond acceptors (Lipinski definition) is 3. The zero-order valence-electron chi connectivity index (χ0n) is 8.86. The summed E-state index contributed by atoms with van der Waals surface area (Å²) >= 11 is 0. The van der Waals surface area contributed by atoms with E-state index in [2.05, 4.69) is 16.0 Å². The monoisotopic (exact) mass is 239 g/mol. The molecule has 94 valence electrons. The molecule has 0 radical (unpaired) electrons. The molecule has 0 aromatic rings. The Morgan fingerprint density at radius 1 is 1.38 bits per heavy atom. The standard InChI is InChI=1S/C9H16F3N3O/c10-9(11,12)2-1-3-15-8(16)7-6-13-4-5-14-7/h7,13-14H,1-6H2,(H,15,16). The van der Waals surface area contributed by atoms with Crippen LogP contribution in [-0.2, 0) is 4.79 Å². The topological polar surface area (TPSA) is 53.2 Å². The molecule has 1 aliphatic heterocycles. The SMILES string of the molecule is O=C(NCCCC(F)(F)F)C1CNCCN1. The summed E-state index contributed by atoms with van der Waals surface area (Å²) in [6.07, 6.45) is -5.08. The Kier molecular flexibility index (Phi) is 5.01. The van der Waals surface area contributed by atoms with Gasteiger partial charge in [0, 0.05) is 32.6 Å². The first-order valence-electron chi connectivity index (χ1n) is 5.27. The summed E-state index contributed by atoms with van der Waals surface area (Å²) in [5.74, 6) is -0.241. The zero-order valence-corrected chi connectivity index (χ0v) is 8.86. The lowest BCUT2D eigenvalue weighted by atomic mass is 10.2. The quantitative estimate of drug-likeness (QED) is 0.606. The normalized spacial score (nSPS) is 21.8. The van der Waals surface area contributed by atoms with E-state index >= 15 is 0 Å². The Bertz CT molecular complexity index is 227. The predicted octanol–water partition coefficient (Wildman–Crippen LogP) is 0.00650. The summed E-state index contributed by atoms with van der Waals surface area (Å²) in [6.45, 7) is 2.08. The second kappa shape index (κ2) is 6.05. The van der Waals surface area contributed by atoms with E-state index in [0.29, 0.717) is 13.1 Å². The van der Waals surface area contributed by atoms with E-state index in [1.54, 1.807) is 0 Å². The molecular formula is C9H16F3N3O. The molecule has 0 spiro atoms. The van der Waals surface area contributed by atoms with Crippen molar-refractivity contribution in [3.63, 3.8) is 0 Å². The Morgan fingerprint density at radius 3 is 2.69 bits per heavy atom. The van der Waals surface area contributed by atoms with E-state index in [1.165, 1.54) is 0 Å². The van der Waals surface area contributed by atoms with Crippen LogP contribution in [0.25, 0.3) is 0 Å². The lowest BCUT2D eigenvalue weighted by Gasteiger charge is -2.23. The van der Waals surface area contributed by atoms with Crippen LogP contribution in [-0.4, -0.2) is 44.3 Å². The second-order valence-corrected chi connectivity index (χ2v) is 3.72. The van der Waals surface area contributed by atoms with Crippen molar-refractivity contribution in [2.75, 3.05) is 26.2 Å². The summed E-state index contributed by atoms with van der Waals surface area (Å²) in [5.41, 5.74) is 0. The van der Waals surface area contributed by atoms with E-state index < -0.39 is 12.6 Å². The van der Waals surface area contributed by atoms with Crippen molar-refractivity contribution >= 4 is 5.91 Å². The molecule has 4 nitrogen and oxygen atoms in total. The average Bonchev–Trinajstić information content (AvgIpc) is 2.24. The number of carbonyl (C=O) groups is 1. The van der Waals surface area contributed by atoms with Crippen LogP contribution in [0.3, 0.4) is 0 Å². The van der Waals surface area contributed by atoms with Gasteiger partial charge in [-0.1, -0.05) is 0 Å². The maximum Gasteiger partial charge on any atom is 0.389 e. The number of hydrogen-bond donors (Lipinski definition) is 3. The van der Waals surface area contributed by atoms with Gasteiger partial charge in [0.05, 0.1) is 6.04 Å². The van der Waals surface area contributed by atoms with Gasteiger partial charge in [-0.2, -0.15) is 13.2 Å². The summed E-state index contributed by atoms with van der Waals surface area (Å²) in [5, 5.41) is 8.49. The second-order valence-electron chi connectivity index (χ2n) is 3.72. The van der Waals surface area contributed by atoms with E-state index in [4.69, 9.17) is 0 Å². The molecule has 0 bridgehead atoms. The van der Waals surface area contributed by atoms with Gasteiger partial charge < -0.3 is 16.0 Å². The largest absolute Gasteiger partial charge is 0.389 e. The molecule has 0 aromatic heterocycles. The van der Waals surface area contributed by atoms with Crippen molar-refractivity contribution in [3.05, 3.63) is 0 Å². The number of amides is 1. The fourth-order valence-corrected chi connectivity index (χ4v) is 1.46. The van der Waals surface area contributed by atoms with Gasteiger partial charge in [-0.3, -0.25) is 4.79 Å². The number of halogens is 3. The van der Waals surface area contributed by atoms with Gasteiger partial charge in [0.2, 0.25) is 5.91 Å². The van der Waals surface area contributed by atoms with Crippen LogP contribution in [0.15, 0.2) is 0 Å². The molecule has 1 saturated heterocycles. The van der Waals surface area contributed by atoms with Crippen LogP contribution in [0, 0.1) is 0 Å². The third-order valence-corrected chi connectivity index (χ3v) is 2.29. The van der Waals surface area contributed by atoms with Crippen LogP contribution in [0.2, 0.25) is 0 Å². The van der Waals surface area contributed by atoms with E-state index in [0.717, 1.165) is 6.54 Å². The molecule has 1 atom stereocenters. The lowest BCUT2D eigenvalue weighted by Crippen LogP contribution is -2.55. The number of rotatable bonds is 4. The average molecular weight is 239 g/mol. The fourth-order valence-electron chi connectivity index (χ4n) is 1.46. The van der Waals surface area contributed by atoms with Gasteiger partial charge in [0.1, 0.15) is 0 Å². The summed E-state index contributed by atoms with van der Waals surface area (Å²) in [4.78, 5) is 11.4.